The van der Waals surface area contributed by atoms with Gasteiger partial charge in [0.05, 0.1) is 6.61 Å². The molecule has 116 valence electrons. The van der Waals surface area contributed by atoms with E-state index in [4.69, 9.17) is 4.74 Å². The minimum atomic E-state index is -1.08. The van der Waals surface area contributed by atoms with Crippen LogP contribution in [0.4, 0.5) is 0 Å². The predicted octanol–water partition coefficient (Wildman–Crippen LogP) is 0.753. The minimum Gasteiger partial charge on any atom is -0.394 e. The van der Waals surface area contributed by atoms with Crippen LogP contribution in [-0.2, 0) is 4.74 Å². The number of hydrogen-bond donors (Lipinski definition) is 3. The quantitative estimate of drug-likeness (QED) is 0.530. The molecule has 0 aromatic carbocycles. The number of aliphatic imine (C=N–C) groups is 1. The van der Waals surface area contributed by atoms with Crippen molar-refractivity contribution in [2.45, 2.75) is 41.6 Å². The SMILES string of the molecule is C=NC1C(O)[C@@H](Sc2cc(C)cnc2Br)OC(CO)[C@@H]1O. The summed E-state index contributed by atoms with van der Waals surface area (Å²) in [5.74, 6) is 0. The van der Waals surface area contributed by atoms with Crippen LogP contribution in [0.3, 0.4) is 0 Å². The summed E-state index contributed by atoms with van der Waals surface area (Å²) in [4.78, 5) is 8.75. The highest BCUT2D eigenvalue weighted by Crippen LogP contribution is 2.37. The van der Waals surface area contributed by atoms with E-state index in [1.807, 2.05) is 13.0 Å². The van der Waals surface area contributed by atoms with Gasteiger partial charge in [-0.05, 0) is 41.2 Å². The molecule has 0 radical (unpaired) electrons. The third kappa shape index (κ3) is 3.64. The molecule has 2 rings (SSSR count). The highest BCUT2D eigenvalue weighted by atomic mass is 79.9. The lowest BCUT2D eigenvalue weighted by atomic mass is 9.98. The maximum absolute atomic E-state index is 10.3. The Morgan fingerprint density at radius 3 is 2.81 bits per heavy atom. The Bertz CT molecular complexity index is 519. The Morgan fingerprint density at radius 2 is 2.19 bits per heavy atom. The third-order valence-electron chi connectivity index (χ3n) is 3.25. The van der Waals surface area contributed by atoms with Gasteiger partial charge >= 0.3 is 0 Å². The lowest BCUT2D eigenvalue weighted by molar-refractivity contribution is -0.159. The average molecular weight is 377 g/mol. The van der Waals surface area contributed by atoms with Crippen LogP contribution in [0.2, 0.25) is 0 Å². The van der Waals surface area contributed by atoms with Crippen LogP contribution in [0, 0.1) is 6.92 Å². The summed E-state index contributed by atoms with van der Waals surface area (Å²) in [5, 5.41) is 29.5. The van der Waals surface area contributed by atoms with Crippen LogP contribution in [0.5, 0.6) is 0 Å². The topological polar surface area (TPSA) is 95.2 Å². The molecule has 6 nitrogen and oxygen atoms in total. The van der Waals surface area contributed by atoms with Gasteiger partial charge in [0, 0.05) is 11.1 Å². The average Bonchev–Trinajstić information content (AvgIpc) is 2.46. The molecule has 0 bridgehead atoms. The van der Waals surface area contributed by atoms with E-state index in [0.29, 0.717) is 4.60 Å². The first kappa shape index (κ1) is 16.9. The summed E-state index contributed by atoms with van der Waals surface area (Å²) in [7, 11) is 0. The normalized spacial score (nSPS) is 32.9. The minimum absolute atomic E-state index is 0.357. The molecular formula is C13H17BrN2O4S. The van der Waals surface area contributed by atoms with E-state index in [2.05, 4.69) is 32.6 Å². The van der Waals surface area contributed by atoms with E-state index in [0.717, 1.165) is 10.5 Å². The number of thioether (sulfide) groups is 1. The van der Waals surface area contributed by atoms with Crippen molar-refractivity contribution >= 4 is 34.4 Å². The van der Waals surface area contributed by atoms with Gasteiger partial charge in [-0.25, -0.2) is 4.98 Å². The van der Waals surface area contributed by atoms with Crippen LogP contribution in [-0.4, -0.2) is 63.4 Å². The summed E-state index contributed by atoms with van der Waals surface area (Å²) < 4.78 is 6.21. The third-order valence-corrected chi connectivity index (χ3v) is 5.33. The number of pyridine rings is 1. The second-order valence-corrected chi connectivity index (χ2v) is 6.69. The van der Waals surface area contributed by atoms with Crippen LogP contribution < -0.4 is 0 Å². The van der Waals surface area contributed by atoms with Gasteiger partial charge in [-0.1, -0.05) is 11.8 Å². The van der Waals surface area contributed by atoms with Crippen molar-refractivity contribution in [3.63, 3.8) is 0 Å². The van der Waals surface area contributed by atoms with Gasteiger partial charge in [0.2, 0.25) is 0 Å². The van der Waals surface area contributed by atoms with Gasteiger partial charge in [-0.3, -0.25) is 4.99 Å². The van der Waals surface area contributed by atoms with Crippen LogP contribution >= 0.6 is 27.7 Å². The standard InChI is InChI=1S/C13H17BrN2O4S/c1-6-3-8(12(14)16-4-6)21-13-11(19)9(15-2)10(18)7(5-17)20-13/h3-4,7,9-11,13,17-19H,2,5H2,1H3/t7?,9?,10-,11?,13+/m0/s1. The Kier molecular flexibility index (Phi) is 5.75. The summed E-state index contributed by atoms with van der Waals surface area (Å²) >= 11 is 4.61. The lowest BCUT2D eigenvalue weighted by Gasteiger charge is -2.40. The Balaban J connectivity index is 2.21. The molecule has 21 heavy (non-hydrogen) atoms. The summed E-state index contributed by atoms with van der Waals surface area (Å²) in [6, 6.07) is 1.11. The number of nitrogens with zero attached hydrogens (tertiary/aromatic N) is 2. The molecular weight excluding hydrogens is 360 g/mol. The number of aromatic nitrogens is 1. The van der Waals surface area contributed by atoms with Crippen molar-refractivity contribution in [2.75, 3.05) is 6.61 Å². The molecule has 5 atom stereocenters. The molecule has 0 saturated carbocycles. The molecule has 0 spiro atoms. The molecule has 3 N–H and O–H groups in total. The fourth-order valence-corrected chi connectivity index (χ4v) is 3.76. The van der Waals surface area contributed by atoms with Crippen LogP contribution in [0.25, 0.3) is 0 Å². The maximum Gasteiger partial charge on any atom is 0.136 e. The molecule has 8 heteroatoms. The highest BCUT2D eigenvalue weighted by Gasteiger charge is 2.44. The van der Waals surface area contributed by atoms with Crippen molar-refractivity contribution in [1.82, 2.24) is 4.98 Å². The summed E-state index contributed by atoms with van der Waals surface area (Å²) in [6.45, 7) is 4.94. The second-order valence-electron chi connectivity index (χ2n) is 4.80. The Hall–Kier alpha value is -0.510. The molecule has 0 amide bonds. The number of aliphatic hydroxyl groups excluding tert-OH is 3. The summed E-state index contributed by atoms with van der Waals surface area (Å²) in [5.41, 5.74) is 0.295. The van der Waals surface area contributed by atoms with E-state index in [-0.39, 0.29) is 6.61 Å². The van der Waals surface area contributed by atoms with Gasteiger partial charge in [0.25, 0.3) is 0 Å². The Labute approximate surface area is 135 Å². The van der Waals surface area contributed by atoms with Crippen molar-refractivity contribution in [1.29, 1.82) is 0 Å². The number of ether oxygens (including phenoxy) is 1. The first-order valence-electron chi connectivity index (χ1n) is 6.35. The molecule has 1 aliphatic rings. The molecule has 0 aliphatic carbocycles. The van der Waals surface area contributed by atoms with Gasteiger partial charge in [0.15, 0.2) is 0 Å². The molecule has 3 unspecified atom stereocenters. The largest absolute Gasteiger partial charge is 0.394 e. The predicted molar refractivity (Wildman–Crippen MR) is 83.6 cm³/mol. The van der Waals surface area contributed by atoms with E-state index < -0.39 is 29.8 Å². The van der Waals surface area contributed by atoms with Gasteiger partial charge in [-0.2, -0.15) is 0 Å². The fraction of sp³-hybridized carbons (Fsp3) is 0.538. The van der Waals surface area contributed by atoms with Gasteiger partial charge < -0.3 is 20.1 Å². The molecule has 1 aromatic heterocycles. The zero-order valence-corrected chi connectivity index (χ0v) is 13.8. The van der Waals surface area contributed by atoms with Gasteiger partial charge in [-0.15, -0.1) is 0 Å². The molecule has 1 aliphatic heterocycles. The number of rotatable bonds is 4. The van der Waals surface area contributed by atoms with E-state index >= 15 is 0 Å². The second kappa shape index (κ2) is 7.17. The smallest absolute Gasteiger partial charge is 0.136 e. The van der Waals surface area contributed by atoms with E-state index in [1.165, 1.54) is 11.8 Å². The zero-order valence-electron chi connectivity index (χ0n) is 11.4. The summed E-state index contributed by atoms with van der Waals surface area (Å²) in [6.07, 6.45) is -1.20. The highest BCUT2D eigenvalue weighted by molar-refractivity contribution is 9.10. The number of hydrogen-bond acceptors (Lipinski definition) is 7. The first-order valence-corrected chi connectivity index (χ1v) is 8.02. The maximum atomic E-state index is 10.3. The fourth-order valence-electron chi connectivity index (χ4n) is 2.11. The van der Waals surface area contributed by atoms with Crippen LogP contribution in [0.15, 0.2) is 26.8 Å². The number of halogens is 1. The monoisotopic (exact) mass is 376 g/mol. The first-order chi connectivity index (χ1) is 9.97. The molecule has 1 saturated heterocycles. The van der Waals surface area contributed by atoms with Crippen molar-refractivity contribution in [2.24, 2.45) is 4.99 Å². The molecule has 2 heterocycles. The van der Waals surface area contributed by atoms with Crippen molar-refractivity contribution in [3.05, 3.63) is 22.4 Å². The van der Waals surface area contributed by atoms with Crippen LogP contribution in [0.1, 0.15) is 5.56 Å². The molecule has 1 aromatic rings. The zero-order chi connectivity index (χ0) is 15.6. The molecule has 1 fully saturated rings. The van der Waals surface area contributed by atoms with Gasteiger partial charge in [0.1, 0.15) is 34.4 Å². The number of aryl methyl sites for hydroxylation is 1. The van der Waals surface area contributed by atoms with Crippen molar-refractivity contribution in [3.8, 4) is 0 Å². The number of aliphatic hydroxyl groups is 3. The Morgan fingerprint density at radius 1 is 1.48 bits per heavy atom. The van der Waals surface area contributed by atoms with E-state index in [9.17, 15) is 15.3 Å². The van der Waals surface area contributed by atoms with Crippen molar-refractivity contribution < 1.29 is 20.1 Å². The lowest BCUT2D eigenvalue weighted by Crippen LogP contribution is -2.56. The van der Waals surface area contributed by atoms with E-state index in [1.54, 1.807) is 6.20 Å².